The molecule has 3 aromatic heterocycles. The van der Waals surface area contributed by atoms with Crippen LogP contribution in [0.25, 0.3) is 22.2 Å². The molecule has 6 heterocycles. The number of rotatable bonds is 20. The summed E-state index contributed by atoms with van der Waals surface area (Å²) in [4.78, 5) is 28.1. The second-order valence-corrected chi connectivity index (χ2v) is 22.1. The maximum Gasteiger partial charge on any atom is 0.418 e. The van der Waals surface area contributed by atoms with E-state index in [2.05, 4.69) is 9.80 Å². The van der Waals surface area contributed by atoms with Gasteiger partial charge in [0.15, 0.2) is 11.6 Å². The summed E-state index contributed by atoms with van der Waals surface area (Å²) in [6, 6.07) is 35.1. The first-order valence-corrected chi connectivity index (χ1v) is 28.7. The molecule has 1 unspecified atom stereocenters. The van der Waals surface area contributed by atoms with Crippen molar-refractivity contribution in [3.63, 3.8) is 0 Å². The summed E-state index contributed by atoms with van der Waals surface area (Å²) in [5.74, 6) is 2.47. The summed E-state index contributed by atoms with van der Waals surface area (Å²) >= 11 is 7.43. The number of nitrogens with zero attached hydrogens (tertiary/aromatic N) is 8. The second kappa shape index (κ2) is 25.2. The van der Waals surface area contributed by atoms with Crippen molar-refractivity contribution in [3.8, 4) is 46.0 Å². The van der Waals surface area contributed by atoms with Crippen molar-refractivity contribution in [2.24, 2.45) is 0 Å². The molecule has 5 aromatic carbocycles. The third-order valence-electron chi connectivity index (χ3n) is 16.2. The quantitative estimate of drug-likeness (QED) is 0.0671. The number of hydrogen-bond acceptors (Lipinski definition) is 15. The van der Waals surface area contributed by atoms with E-state index in [1.54, 1.807) is 58.9 Å². The summed E-state index contributed by atoms with van der Waals surface area (Å²) in [7, 11) is 6.39. The van der Waals surface area contributed by atoms with Crippen LogP contribution in [0.1, 0.15) is 71.7 Å². The fourth-order valence-corrected chi connectivity index (χ4v) is 12.1. The number of ether oxygens (including phenoxy) is 7. The van der Waals surface area contributed by atoms with Crippen LogP contribution in [0.3, 0.4) is 0 Å². The number of pyridine rings is 2. The summed E-state index contributed by atoms with van der Waals surface area (Å²) in [5, 5.41) is -0.359. The highest BCUT2D eigenvalue weighted by molar-refractivity contribution is 6.36. The van der Waals surface area contributed by atoms with Gasteiger partial charge in [-0.2, -0.15) is 23.1 Å². The number of alkyl halides is 3. The van der Waals surface area contributed by atoms with Crippen LogP contribution in [0.5, 0.6) is 34.8 Å². The minimum absolute atomic E-state index is 0.0164. The van der Waals surface area contributed by atoms with Gasteiger partial charge in [-0.25, -0.2) is 14.4 Å². The number of benzene rings is 5. The van der Waals surface area contributed by atoms with Crippen LogP contribution in [-0.4, -0.2) is 104 Å². The molecule has 11 rings (SSSR count). The highest BCUT2D eigenvalue weighted by Gasteiger charge is 2.42. The van der Waals surface area contributed by atoms with Crippen molar-refractivity contribution in [2.45, 2.75) is 90.2 Å². The van der Waals surface area contributed by atoms with Crippen LogP contribution in [0.15, 0.2) is 121 Å². The van der Waals surface area contributed by atoms with Gasteiger partial charge in [-0.05, 0) is 122 Å². The topological polar surface area (TPSA) is 129 Å². The fraction of sp³-hybridized carbons (Fsp3) is 0.354. The van der Waals surface area contributed by atoms with E-state index < -0.39 is 39.9 Å². The van der Waals surface area contributed by atoms with Crippen LogP contribution in [0.2, 0.25) is 5.02 Å². The minimum Gasteiger partial charge on any atom is -0.497 e. The van der Waals surface area contributed by atoms with E-state index in [1.807, 2.05) is 109 Å². The lowest BCUT2D eigenvalue weighted by Crippen LogP contribution is -2.49. The van der Waals surface area contributed by atoms with E-state index in [-0.39, 0.29) is 90.9 Å². The fourth-order valence-electron chi connectivity index (χ4n) is 11.8. The SMILES string of the molecule is COc1ccc(CN(Cc2ccc(OC)cc2)c2cc(C)c(C(F)(F)F)c(-c3c(Cl)c4c5c(nc(OC[C@@H]6CC[C@H]7COC(C)CN67)nc5c3F)N([C@H](C)c3cccnc3N(Cc3ccc(OC)cc3)Cc3ccc(OC)cc3)CCO4)n2)cc1. The van der Waals surface area contributed by atoms with Gasteiger partial charge in [0.05, 0.1) is 81.0 Å². The highest BCUT2D eigenvalue weighted by Crippen LogP contribution is 2.52. The standard InChI is InChI=1S/C65H67ClF4N8O7/c1-39-31-53(75(33-42-10-20-48(79-4)21-11-42)34-43-12-22-49(80-5)23-13-43)72-59(56(39)65(68,69)70)54-57(66)61-55-60(58(54)67)73-64(85-38-47-19-18-46-37-84-40(2)32-78(46)47)74-63(55)77(29-30-83-61)41(3)52-9-8-28-71-62(52)76(35-44-14-24-50(81-6)25-15-44)36-45-16-26-51(82-7)27-17-45/h8-17,20-28,31,40-41,46-47H,18-19,29-30,32-38H2,1-7H3/t40?,41-,46+,47+/m1/s1. The zero-order valence-electron chi connectivity index (χ0n) is 48.5. The zero-order chi connectivity index (χ0) is 59.5. The molecule has 4 atom stereocenters. The predicted octanol–water partition coefficient (Wildman–Crippen LogP) is 13.2. The highest BCUT2D eigenvalue weighted by atomic mass is 35.5. The number of anilines is 3. The number of aryl methyl sites for hydroxylation is 1. The summed E-state index contributed by atoms with van der Waals surface area (Å²) < 4.78 is 107. The number of morpholine rings is 1. The molecular formula is C65H67ClF4N8O7. The van der Waals surface area contributed by atoms with Gasteiger partial charge in [0.25, 0.3) is 0 Å². The minimum atomic E-state index is -5.02. The molecule has 0 bridgehead atoms. The Labute approximate surface area is 497 Å². The normalized spacial score (nSPS) is 17.2. The molecule has 0 N–H and O–H groups in total. The van der Waals surface area contributed by atoms with Crippen LogP contribution in [0, 0.1) is 12.7 Å². The van der Waals surface area contributed by atoms with Gasteiger partial charge in [0.1, 0.15) is 59.2 Å². The first-order valence-electron chi connectivity index (χ1n) is 28.3. The molecule has 15 nitrogen and oxygen atoms in total. The van der Waals surface area contributed by atoms with E-state index in [0.29, 0.717) is 43.6 Å². The first kappa shape index (κ1) is 58.6. The lowest BCUT2D eigenvalue weighted by atomic mass is 9.98. The molecule has 0 aliphatic carbocycles. The summed E-state index contributed by atoms with van der Waals surface area (Å²) in [6.45, 7) is 8.28. The summed E-state index contributed by atoms with van der Waals surface area (Å²) in [5.41, 5.74) is 1.34. The maximum absolute atomic E-state index is 18.7. The Morgan fingerprint density at radius 3 is 1.84 bits per heavy atom. The molecule has 3 aliphatic heterocycles. The molecule has 0 radical (unpaired) electrons. The van der Waals surface area contributed by atoms with Gasteiger partial charge in [0, 0.05) is 56.6 Å². The van der Waals surface area contributed by atoms with Gasteiger partial charge >= 0.3 is 12.2 Å². The van der Waals surface area contributed by atoms with Crippen molar-refractivity contribution >= 4 is 40.0 Å². The van der Waals surface area contributed by atoms with Gasteiger partial charge in [-0.1, -0.05) is 66.2 Å². The molecule has 8 aromatic rings. The van der Waals surface area contributed by atoms with Crippen molar-refractivity contribution in [2.75, 3.05) is 76.0 Å². The van der Waals surface area contributed by atoms with E-state index in [9.17, 15) is 0 Å². The number of aromatic nitrogens is 4. The van der Waals surface area contributed by atoms with Crippen LogP contribution < -0.4 is 43.1 Å². The van der Waals surface area contributed by atoms with Gasteiger partial charge in [-0.15, -0.1) is 0 Å². The molecule has 2 fully saturated rings. The molecular weight excluding hydrogens is 1120 g/mol. The van der Waals surface area contributed by atoms with Crippen molar-refractivity contribution in [3.05, 3.63) is 171 Å². The Balaban J connectivity index is 1.06. The van der Waals surface area contributed by atoms with Crippen molar-refractivity contribution in [1.82, 2.24) is 24.8 Å². The maximum atomic E-state index is 18.7. The first-order chi connectivity index (χ1) is 41.1. The van der Waals surface area contributed by atoms with Crippen LogP contribution >= 0.6 is 11.6 Å². The Hall–Kier alpha value is -8.13. The average Bonchev–Trinajstić information content (AvgIpc) is 1.89. The monoisotopic (exact) mass is 1180 g/mol. The van der Waals surface area contributed by atoms with E-state index in [4.69, 9.17) is 64.7 Å². The lowest BCUT2D eigenvalue weighted by molar-refractivity contribution is -0.137. The smallest absolute Gasteiger partial charge is 0.418 e. The largest absolute Gasteiger partial charge is 0.497 e. The Morgan fingerprint density at radius 2 is 1.29 bits per heavy atom. The molecule has 0 saturated carbocycles. The molecule has 3 aliphatic rings. The number of methoxy groups -OCH3 is 4. The Kier molecular flexibility index (Phi) is 17.4. The van der Waals surface area contributed by atoms with Crippen molar-refractivity contribution < 1.29 is 50.7 Å². The number of hydrogen-bond donors (Lipinski definition) is 0. The summed E-state index contributed by atoms with van der Waals surface area (Å²) in [6.07, 6.45) is -1.54. The molecule has 0 amide bonds. The molecule has 85 heavy (non-hydrogen) atoms. The third-order valence-corrected chi connectivity index (χ3v) is 16.6. The molecule has 0 spiro atoms. The van der Waals surface area contributed by atoms with Gasteiger partial charge < -0.3 is 47.9 Å². The molecule has 20 heteroatoms. The Morgan fingerprint density at radius 1 is 0.741 bits per heavy atom. The zero-order valence-corrected chi connectivity index (χ0v) is 49.2. The van der Waals surface area contributed by atoms with E-state index in [1.165, 1.54) is 13.0 Å². The molecule has 2 saturated heterocycles. The van der Waals surface area contributed by atoms with E-state index in [0.717, 1.165) is 52.2 Å². The average molecular weight is 1180 g/mol. The number of fused-ring (bicyclic) bond motifs is 1. The van der Waals surface area contributed by atoms with Crippen LogP contribution in [-0.2, 0) is 37.1 Å². The number of halogens is 5. The van der Waals surface area contributed by atoms with Gasteiger partial charge in [-0.3, -0.25) is 4.90 Å². The molecule has 444 valence electrons. The predicted molar refractivity (Wildman–Crippen MR) is 319 cm³/mol. The van der Waals surface area contributed by atoms with Crippen LogP contribution in [0.4, 0.5) is 35.0 Å². The Bertz CT molecular complexity index is 3540. The third kappa shape index (κ3) is 12.5. The van der Waals surface area contributed by atoms with Gasteiger partial charge in [0.2, 0.25) is 0 Å². The van der Waals surface area contributed by atoms with Crippen molar-refractivity contribution in [1.29, 1.82) is 0 Å². The lowest BCUT2D eigenvalue weighted by Gasteiger charge is -2.37. The van der Waals surface area contributed by atoms with E-state index >= 15 is 17.6 Å². The second-order valence-electron chi connectivity index (χ2n) is 21.7.